The molecule has 86 valence electrons. The molecule has 0 saturated heterocycles. The molecule has 0 aliphatic rings. The number of halogens is 2. The molecule has 0 N–H and O–H groups in total. The minimum absolute atomic E-state index is 0.191. The first kappa shape index (κ1) is 11.5. The minimum Gasteiger partial charge on any atom is -0.358 e. The molecule has 1 aromatic carbocycles. The number of benzene rings is 1. The van der Waals surface area contributed by atoms with E-state index >= 15 is 0 Å². The zero-order valence-electron chi connectivity index (χ0n) is 8.43. The second-order valence-corrected chi connectivity index (χ2v) is 3.67. The quantitative estimate of drug-likeness (QED) is 0.608. The van der Waals surface area contributed by atoms with Crippen LogP contribution in [0.5, 0.6) is 0 Å². The third-order valence-electron chi connectivity index (χ3n) is 2.19. The first-order chi connectivity index (χ1) is 8.09. The molecule has 0 aliphatic carbocycles. The van der Waals surface area contributed by atoms with Crippen molar-refractivity contribution in [2.75, 3.05) is 0 Å². The van der Waals surface area contributed by atoms with E-state index in [0.29, 0.717) is 5.56 Å². The van der Waals surface area contributed by atoms with Crippen molar-refractivity contribution in [2.45, 2.75) is 0 Å². The Morgan fingerprint density at radius 3 is 2.59 bits per heavy atom. The van der Waals surface area contributed by atoms with E-state index in [4.69, 9.17) is 11.6 Å². The number of hydrogen-bond acceptors (Lipinski definition) is 3. The highest BCUT2D eigenvalue weighted by Gasteiger charge is 2.13. The summed E-state index contributed by atoms with van der Waals surface area (Å²) in [5, 5.41) is 10.7. The van der Waals surface area contributed by atoms with Gasteiger partial charge in [0.2, 0.25) is 0 Å². The maximum atomic E-state index is 13.5. The van der Waals surface area contributed by atoms with E-state index in [-0.39, 0.29) is 16.4 Å². The standard InChI is InChI=1S/C11H6ClFN2O2/c12-8-2-1-3-9(13)11(8)7-4-5-10(14-6-7)15(16)17/h1-6H. The van der Waals surface area contributed by atoms with Crippen LogP contribution in [0.15, 0.2) is 36.5 Å². The van der Waals surface area contributed by atoms with Gasteiger partial charge in [-0.1, -0.05) is 17.7 Å². The van der Waals surface area contributed by atoms with Gasteiger partial charge < -0.3 is 10.1 Å². The fourth-order valence-electron chi connectivity index (χ4n) is 1.42. The van der Waals surface area contributed by atoms with Crippen molar-refractivity contribution in [3.05, 3.63) is 57.5 Å². The fraction of sp³-hybridized carbons (Fsp3) is 0. The first-order valence-corrected chi connectivity index (χ1v) is 5.02. The highest BCUT2D eigenvalue weighted by atomic mass is 35.5. The van der Waals surface area contributed by atoms with Gasteiger partial charge >= 0.3 is 5.82 Å². The molecule has 0 saturated carbocycles. The zero-order chi connectivity index (χ0) is 12.4. The van der Waals surface area contributed by atoms with Gasteiger partial charge in [-0.2, -0.15) is 0 Å². The summed E-state index contributed by atoms with van der Waals surface area (Å²) >= 11 is 5.86. The molecule has 2 aromatic rings. The van der Waals surface area contributed by atoms with Crippen LogP contribution in [0, 0.1) is 15.9 Å². The number of pyridine rings is 1. The van der Waals surface area contributed by atoms with Crippen LogP contribution < -0.4 is 0 Å². The molecule has 0 spiro atoms. The maximum Gasteiger partial charge on any atom is 0.363 e. The van der Waals surface area contributed by atoms with Crippen LogP contribution in [0.25, 0.3) is 11.1 Å². The van der Waals surface area contributed by atoms with E-state index in [1.54, 1.807) is 6.07 Å². The lowest BCUT2D eigenvalue weighted by Crippen LogP contribution is -1.92. The van der Waals surface area contributed by atoms with Crippen LogP contribution in [-0.2, 0) is 0 Å². The summed E-state index contributed by atoms with van der Waals surface area (Å²) in [5.74, 6) is -0.783. The molecule has 0 radical (unpaired) electrons. The molecular weight excluding hydrogens is 247 g/mol. The fourth-order valence-corrected chi connectivity index (χ4v) is 1.69. The number of hydrogen-bond donors (Lipinski definition) is 0. The van der Waals surface area contributed by atoms with Gasteiger partial charge in [0.25, 0.3) is 0 Å². The van der Waals surface area contributed by atoms with Gasteiger partial charge in [0, 0.05) is 17.2 Å². The molecule has 1 aromatic heterocycles. The molecule has 4 nitrogen and oxygen atoms in total. The second kappa shape index (κ2) is 4.47. The third-order valence-corrected chi connectivity index (χ3v) is 2.50. The van der Waals surface area contributed by atoms with Crippen LogP contribution in [0.3, 0.4) is 0 Å². The third kappa shape index (κ3) is 2.24. The molecule has 17 heavy (non-hydrogen) atoms. The Bertz CT molecular complexity index is 552. The van der Waals surface area contributed by atoms with Crippen molar-refractivity contribution in [2.24, 2.45) is 0 Å². The van der Waals surface area contributed by atoms with Crippen molar-refractivity contribution in [1.29, 1.82) is 0 Å². The van der Waals surface area contributed by atoms with Gasteiger partial charge in [0.05, 0.1) is 5.02 Å². The van der Waals surface area contributed by atoms with Crippen molar-refractivity contribution in [1.82, 2.24) is 4.98 Å². The largest absolute Gasteiger partial charge is 0.363 e. The summed E-state index contributed by atoms with van der Waals surface area (Å²) in [6, 6.07) is 6.91. The molecule has 6 heteroatoms. The number of rotatable bonds is 2. The lowest BCUT2D eigenvalue weighted by Gasteiger charge is -2.03. The van der Waals surface area contributed by atoms with Crippen LogP contribution >= 0.6 is 11.6 Å². The first-order valence-electron chi connectivity index (χ1n) is 4.64. The van der Waals surface area contributed by atoms with E-state index in [1.165, 1.54) is 30.5 Å². The van der Waals surface area contributed by atoms with Crippen LogP contribution in [0.2, 0.25) is 5.02 Å². The Balaban J connectivity index is 2.50. The Morgan fingerprint density at radius 2 is 2.06 bits per heavy atom. The summed E-state index contributed by atoms with van der Waals surface area (Å²) < 4.78 is 13.5. The van der Waals surface area contributed by atoms with Crippen LogP contribution in [-0.4, -0.2) is 9.91 Å². The van der Waals surface area contributed by atoms with Crippen LogP contribution in [0.4, 0.5) is 10.2 Å². The second-order valence-electron chi connectivity index (χ2n) is 3.26. The smallest absolute Gasteiger partial charge is 0.358 e. The lowest BCUT2D eigenvalue weighted by atomic mass is 10.1. The minimum atomic E-state index is -0.618. The molecule has 0 unspecified atom stereocenters. The van der Waals surface area contributed by atoms with E-state index in [0.717, 1.165) is 0 Å². The topological polar surface area (TPSA) is 56.0 Å². The van der Waals surface area contributed by atoms with Crippen LogP contribution in [0.1, 0.15) is 0 Å². The summed E-state index contributed by atoms with van der Waals surface area (Å²) in [6.45, 7) is 0. The summed E-state index contributed by atoms with van der Waals surface area (Å²) in [5.41, 5.74) is 0.593. The van der Waals surface area contributed by atoms with Gasteiger partial charge in [0.15, 0.2) is 0 Å². The molecular formula is C11H6ClFN2O2. The van der Waals surface area contributed by atoms with E-state index in [2.05, 4.69) is 4.98 Å². The Labute approximate surface area is 101 Å². The van der Waals surface area contributed by atoms with E-state index in [1.807, 2.05) is 0 Å². The van der Waals surface area contributed by atoms with Crippen molar-refractivity contribution < 1.29 is 9.31 Å². The van der Waals surface area contributed by atoms with E-state index < -0.39 is 10.7 Å². The predicted octanol–water partition coefficient (Wildman–Crippen LogP) is 3.45. The Kier molecular flexibility index (Phi) is 3.01. The van der Waals surface area contributed by atoms with Gasteiger partial charge in [-0.15, -0.1) is 0 Å². The van der Waals surface area contributed by atoms with Gasteiger partial charge in [-0.25, -0.2) is 4.39 Å². The number of nitrogens with zero attached hydrogens (tertiary/aromatic N) is 2. The monoisotopic (exact) mass is 252 g/mol. The number of nitro groups is 1. The van der Waals surface area contributed by atoms with Gasteiger partial charge in [-0.3, -0.25) is 0 Å². The highest BCUT2D eigenvalue weighted by molar-refractivity contribution is 6.33. The SMILES string of the molecule is O=[N+]([O-])c1ccc(-c2c(F)cccc2Cl)cn1. The summed E-state index contributed by atoms with van der Waals surface area (Å²) in [6.07, 6.45) is 1.22. The predicted molar refractivity (Wildman–Crippen MR) is 61.3 cm³/mol. The summed E-state index contributed by atoms with van der Waals surface area (Å²) in [7, 11) is 0. The number of aromatic nitrogens is 1. The molecule has 0 fully saturated rings. The van der Waals surface area contributed by atoms with Crippen molar-refractivity contribution in [3.63, 3.8) is 0 Å². The maximum absolute atomic E-state index is 13.5. The molecule has 1 heterocycles. The van der Waals surface area contributed by atoms with E-state index in [9.17, 15) is 14.5 Å². The van der Waals surface area contributed by atoms with Crippen molar-refractivity contribution in [3.8, 4) is 11.1 Å². The van der Waals surface area contributed by atoms with Gasteiger partial charge in [-0.05, 0) is 28.1 Å². The average molecular weight is 253 g/mol. The Morgan fingerprint density at radius 1 is 1.29 bits per heavy atom. The van der Waals surface area contributed by atoms with Gasteiger partial charge in [0.1, 0.15) is 12.0 Å². The molecule has 0 amide bonds. The molecule has 2 rings (SSSR count). The normalized spacial score (nSPS) is 10.2. The molecule has 0 aliphatic heterocycles. The highest BCUT2D eigenvalue weighted by Crippen LogP contribution is 2.30. The molecule has 0 atom stereocenters. The average Bonchev–Trinajstić information content (AvgIpc) is 2.29. The Hall–Kier alpha value is -2.01. The zero-order valence-corrected chi connectivity index (χ0v) is 9.19. The lowest BCUT2D eigenvalue weighted by molar-refractivity contribution is -0.389. The summed E-state index contributed by atoms with van der Waals surface area (Å²) in [4.78, 5) is 13.4. The molecule has 0 bridgehead atoms. The van der Waals surface area contributed by atoms with Crippen molar-refractivity contribution >= 4 is 17.4 Å².